The van der Waals surface area contributed by atoms with Gasteiger partial charge in [0.2, 0.25) is 0 Å². The summed E-state index contributed by atoms with van der Waals surface area (Å²) in [6.07, 6.45) is 0.789. The van der Waals surface area contributed by atoms with Gasteiger partial charge in [0.1, 0.15) is 17.2 Å². The normalized spacial score (nSPS) is 26.2. The average molecular weight is 341 g/mol. The highest BCUT2D eigenvalue weighted by molar-refractivity contribution is 5.99. The van der Waals surface area contributed by atoms with Gasteiger partial charge in [0.15, 0.2) is 0 Å². The first-order valence-electron chi connectivity index (χ1n) is 8.18. The van der Waals surface area contributed by atoms with Crippen LogP contribution in [-0.2, 0) is 19.1 Å². The molecule has 136 valence electrons. The van der Waals surface area contributed by atoms with Crippen molar-refractivity contribution in [2.45, 2.75) is 63.8 Å². The molecular weight excluding hydrogens is 314 g/mol. The van der Waals surface area contributed by atoms with Crippen molar-refractivity contribution < 1.29 is 23.9 Å². The molecule has 0 aromatic rings. The number of esters is 1. The first kappa shape index (κ1) is 18.5. The van der Waals surface area contributed by atoms with Crippen LogP contribution in [0.3, 0.4) is 0 Å². The highest BCUT2D eigenvalue weighted by Gasteiger charge is 2.63. The van der Waals surface area contributed by atoms with Crippen LogP contribution in [0.4, 0.5) is 4.79 Å². The highest BCUT2D eigenvalue weighted by atomic mass is 16.6. The Balaban J connectivity index is 2.16. The summed E-state index contributed by atoms with van der Waals surface area (Å²) >= 11 is 0. The van der Waals surface area contributed by atoms with E-state index in [1.807, 2.05) is 0 Å². The van der Waals surface area contributed by atoms with Crippen molar-refractivity contribution in [3.8, 4) is 0 Å². The molecule has 2 fully saturated rings. The van der Waals surface area contributed by atoms with Gasteiger partial charge in [-0.3, -0.25) is 9.69 Å². The molecule has 3 atom stereocenters. The van der Waals surface area contributed by atoms with Crippen molar-refractivity contribution in [2.75, 3.05) is 20.2 Å². The van der Waals surface area contributed by atoms with Crippen LogP contribution in [0.25, 0.3) is 0 Å². The predicted octanol–water partition coefficient (Wildman–Crippen LogP) is 0.487. The van der Waals surface area contributed by atoms with Crippen LogP contribution in [0.2, 0.25) is 0 Å². The second-order valence-electron chi connectivity index (χ2n) is 7.53. The van der Waals surface area contributed by atoms with Crippen LogP contribution in [0.5, 0.6) is 0 Å². The number of hydrogen-bond acceptors (Lipinski definition) is 6. The van der Waals surface area contributed by atoms with E-state index in [1.54, 1.807) is 27.7 Å². The third kappa shape index (κ3) is 3.07. The second kappa shape index (κ2) is 6.23. The van der Waals surface area contributed by atoms with E-state index in [0.29, 0.717) is 13.0 Å². The molecule has 2 rings (SSSR count). The molecule has 2 amide bonds. The molecule has 8 nitrogen and oxygen atoms in total. The van der Waals surface area contributed by atoms with Gasteiger partial charge >= 0.3 is 12.1 Å². The lowest BCUT2D eigenvalue weighted by Crippen LogP contribution is -2.77. The number of likely N-dealkylation sites (tertiary alicyclic amines) is 2. The molecule has 0 aromatic carbocycles. The van der Waals surface area contributed by atoms with Gasteiger partial charge in [0, 0.05) is 12.6 Å². The lowest BCUT2D eigenvalue weighted by molar-refractivity contribution is -0.173. The van der Waals surface area contributed by atoms with Gasteiger partial charge in [0.05, 0.1) is 13.7 Å². The number of amides is 2. The van der Waals surface area contributed by atoms with Gasteiger partial charge in [0.25, 0.3) is 5.91 Å². The van der Waals surface area contributed by atoms with Crippen LogP contribution in [0.15, 0.2) is 0 Å². The molecule has 2 heterocycles. The number of nitrogens with zero attached hydrogens (tertiary/aromatic N) is 2. The molecule has 1 spiro atoms. The quantitative estimate of drug-likeness (QED) is 0.592. The smallest absolute Gasteiger partial charge is 0.411 e. The summed E-state index contributed by atoms with van der Waals surface area (Å²) in [6, 6.07) is -1.40. The minimum atomic E-state index is -0.913. The zero-order valence-electron chi connectivity index (χ0n) is 15.0. The lowest BCUT2D eigenvalue weighted by atomic mass is 9.83. The molecule has 0 aromatic heterocycles. The number of nitrogens with two attached hydrogens (primary N) is 1. The molecule has 0 saturated carbocycles. The molecule has 24 heavy (non-hydrogen) atoms. The van der Waals surface area contributed by atoms with Gasteiger partial charge in [-0.25, -0.2) is 9.59 Å². The largest absolute Gasteiger partial charge is 0.467 e. The van der Waals surface area contributed by atoms with Crippen LogP contribution in [-0.4, -0.2) is 71.2 Å². The van der Waals surface area contributed by atoms with Gasteiger partial charge < -0.3 is 20.1 Å². The second-order valence-corrected chi connectivity index (χ2v) is 7.53. The summed E-state index contributed by atoms with van der Waals surface area (Å²) < 4.78 is 10.2. The van der Waals surface area contributed by atoms with Crippen molar-refractivity contribution in [3.05, 3.63) is 0 Å². The fraction of sp³-hybridized carbons (Fsp3) is 0.812. The van der Waals surface area contributed by atoms with E-state index in [-0.39, 0.29) is 12.5 Å². The summed E-state index contributed by atoms with van der Waals surface area (Å²) in [4.78, 5) is 40.1. The van der Waals surface area contributed by atoms with Gasteiger partial charge in [-0.1, -0.05) is 0 Å². The minimum absolute atomic E-state index is 0.265. The van der Waals surface area contributed by atoms with Gasteiger partial charge in [-0.15, -0.1) is 0 Å². The summed E-state index contributed by atoms with van der Waals surface area (Å²) in [7, 11) is 1.26. The van der Waals surface area contributed by atoms with Crippen LogP contribution in [0.1, 0.15) is 40.5 Å². The predicted molar refractivity (Wildman–Crippen MR) is 86.1 cm³/mol. The van der Waals surface area contributed by atoms with E-state index in [4.69, 9.17) is 15.2 Å². The zero-order valence-corrected chi connectivity index (χ0v) is 15.0. The first-order chi connectivity index (χ1) is 11.0. The molecule has 2 N–H and O–H groups in total. The van der Waals surface area contributed by atoms with Crippen LogP contribution >= 0.6 is 0 Å². The number of ether oxygens (including phenoxy) is 2. The van der Waals surface area contributed by atoms with Crippen molar-refractivity contribution in [1.29, 1.82) is 0 Å². The maximum Gasteiger partial charge on any atom is 0.411 e. The Labute approximate surface area is 142 Å². The fourth-order valence-corrected chi connectivity index (χ4v) is 3.42. The SMILES string of the molecule is COC(=O)C(C(C)N)N1CC2(CCCN2C(=O)OC(C)(C)C)C1=O. The molecular formula is C16H27N3O5. The average Bonchev–Trinajstić information content (AvgIpc) is 2.91. The summed E-state index contributed by atoms with van der Waals surface area (Å²) in [5.74, 6) is -0.812. The third-order valence-corrected chi connectivity index (χ3v) is 4.47. The Bertz CT molecular complexity index is 542. The number of β-lactam (4-membered cyclic amide) rings is 1. The van der Waals surface area contributed by atoms with E-state index >= 15 is 0 Å². The molecule has 2 aliphatic rings. The van der Waals surface area contributed by atoms with Crippen molar-refractivity contribution in [3.63, 3.8) is 0 Å². The Morgan fingerprint density at radius 3 is 2.42 bits per heavy atom. The summed E-state index contributed by atoms with van der Waals surface area (Å²) in [5.41, 5.74) is 4.31. The highest BCUT2D eigenvalue weighted by Crippen LogP contribution is 2.41. The molecule has 2 saturated heterocycles. The Morgan fingerprint density at radius 2 is 1.96 bits per heavy atom. The molecule has 2 aliphatic heterocycles. The molecule has 0 radical (unpaired) electrons. The summed E-state index contributed by atoms with van der Waals surface area (Å²) in [6.45, 7) is 7.74. The Morgan fingerprint density at radius 1 is 1.33 bits per heavy atom. The standard InChI is InChI=1S/C16H27N3O5/c1-10(17)11(12(20)23-5)18-9-16(13(18)21)7-6-8-19(16)14(22)24-15(2,3)4/h10-11H,6-9,17H2,1-5H3. The maximum atomic E-state index is 12.8. The number of rotatable bonds is 3. The van der Waals surface area contributed by atoms with Crippen molar-refractivity contribution >= 4 is 18.0 Å². The zero-order chi connectivity index (χ0) is 18.3. The topological polar surface area (TPSA) is 102 Å². The minimum Gasteiger partial charge on any atom is -0.467 e. The Hall–Kier alpha value is -1.83. The van der Waals surface area contributed by atoms with Crippen LogP contribution in [0, 0.1) is 0 Å². The molecule has 0 aliphatic carbocycles. The monoisotopic (exact) mass is 341 g/mol. The number of carbonyl (C=O) groups is 3. The maximum absolute atomic E-state index is 12.8. The fourth-order valence-electron chi connectivity index (χ4n) is 3.42. The number of hydrogen-bond donors (Lipinski definition) is 1. The van der Waals surface area contributed by atoms with E-state index in [1.165, 1.54) is 16.9 Å². The van der Waals surface area contributed by atoms with Crippen molar-refractivity contribution in [2.24, 2.45) is 5.73 Å². The van der Waals surface area contributed by atoms with E-state index in [9.17, 15) is 14.4 Å². The van der Waals surface area contributed by atoms with E-state index in [0.717, 1.165) is 6.42 Å². The van der Waals surface area contributed by atoms with Crippen molar-refractivity contribution in [1.82, 2.24) is 9.80 Å². The Kier molecular flexibility index (Phi) is 4.81. The number of methoxy groups -OCH3 is 1. The third-order valence-electron chi connectivity index (χ3n) is 4.47. The molecule has 3 unspecified atom stereocenters. The van der Waals surface area contributed by atoms with Crippen LogP contribution < -0.4 is 5.73 Å². The van der Waals surface area contributed by atoms with Gasteiger partial charge in [-0.05, 0) is 40.5 Å². The summed E-state index contributed by atoms with van der Waals surface area (Å²) in [5, 5.41) is 0. The number of carbonyl (C=O) groups excluding carboxylic acids is 3. The first-order valence-corrected chi connectivity index (χ1v) is 8.18. The van der Waals surface area contributed by atoms with E-state index < -0.39 is 35.3 Å². The van der Waals surface area contributed by atoms with E-state index in [2.05, 4.69) is 0 Å². The molecule has 8 heteroatoms. The lowest BCUT2D eigenvalue weighted by Gasteiger charge is -2.53. The van der Waals surface area contributed by atoms with Gasteiger partial charge in [-0.2, -0.15) is 0 Å². The molecule has 0 bridgehead atoms.